The minimum atomic E-state index is -0.739. The van der Waals surface area contributed by atoms with Gasteiger partial charge in [0.25, 0.3) is 0 Å². The summed E-state index contributed by atoms with van der Waals surface area (Å²) < 4.78 is 30.9. The van der Waals surface area contributed by atoms with Gasteiger partial charge in [-0.05, 0) is 47.5 Å². The smallest absolute Gasteiger partial charge is 0.337 e. The molecule has 0 aromatic heterocycles. The summed E-state index contributed by atoms with van der Waals surface area (Å²) in [5.41, 5.74) is 1.90. The van der Waals surface area contributed by atoms with Crippen molar-refractivity contribution in [3.05, 3.63) is 99.0 Å². The Labute approximate surface area is 198 Å². The molecule has 6 nitrogen and oxygen atoms in total. The molecule has 8 heteroatoms. The van der Waals surface area contributed by atoms with E-state index < -0.39 is 23.7 Å². The van der Waals surface area contributed by atoms with Crippen molar-refractivity contribution in [3.8, 4) is 11.5 Å². The number of rotatable bonds is 3. The monoisotopic (exact) mass is 478 g/mol. The number of hydrogen-bond donors (Lipinski definition) is 0. The van der Waals surface area contributed by atoms with Gasteiger partial charge in [0, 0.05) is 11.5 Å². The Morgan fingerprint density at radius 1 is 1.09 bits per heavy atom. The molecule has 0 spiro atoms. The number of ketones is 1. The zero-order valence-corrected chi connectivity index (χ0v) is 18.5. The van der Waals surface area contributed by atoms with Gasteiger partial charge < -0.3 is 14.2 Å². The number of benzene rings is 3. The summed E-state index contributed by atoms with van der Waals surface area (Å²) in [5.74, 6) is -2.27. The molecule has 0 aliphatic carbocycles. The highest BCUT2D eigenvalue weighted by molar-refractivity contribution is 6.30. The second-order valence-electron chi connectivity index (χ2n) is 7.78. The van der Waals surface area contributed by atoms with E-state index in [4.69, 9.17) is 21.1 Å². The van der Waals surface area contributed by atoms with Gasteiger partial charge in [-0.25, -0.2) is 9.18 Å². The maximum atomic E-state index is 14.9. The van der Waals surface area contributed by atoms with E-state index in [1.165, 1.54) is 25.3 Å². The van der Waals surface area contributed by atoms with Crippen molar-refractivity contribution < 1.29 is 33.0 Å². The molecule has 5 rings (SSSR count). The molecule has 0 saturated carbocycles. The van der Waals surface area contributed by atoms with Crippen LogP contribution in [0, 0.1) is 5.82 Å². The molecule has 2 heterocycles. The molecule has 2 aliphatic rings. The summed E-state index contributed by atoms with van der Waals surface area (Å²) in [6, 6.07) is 14.0. The van der Waals surface area contributed by atoms with E-state index in [1.54, 1.807) is 42.5 Å². The topological polar surface area (TPSA) is 78.9 Å². The first-order valence-corrected chi connectivity index (χ1v) is 10.7. The summed E-state index contributed by atoms with van der Waals surface area (Å²) in [4.78, 5) is 36.9. The lowest BCUT2D eigenvalue weighted by molar-refractivity contribution is -0.135. The summed E-state index contributed by atoms with van der Waals surface area (Å²) in [7, 11) is 1.29. The molecule has 3 aromatic rings. The van der Waals surface area contributed by atoms with E-state index in [-0.39, 0.29) is 45.6 Å². The molecule has 0 unspecified atom stereocenters. The fourth-order valence-electron chi connectivity index (χ4n) is 4.15. The molecule has 34 heavy (non-hydrogen) atoms. The number of Topliss-reactive ketones (excluding diaryl/α,β-unsaturated/α-hetero) is 1. The number of hydrogen-bond acceptors (Lipinski definition) is 6. The maximum absolute atomic E-state index is 14.9. The number of esters is 2. The fourth-order valence-corrected chi connectivity index (χ4v) is 4.33. The summed E-state index contributed by atoms with van der Waals surface area (Å²) in [6.07, 6.45) is 1.41. The van der Waals surface area contributed by atoms with Crippen LogP contribution in [-0.2, 0) is 9.53 Å². The number of carbonyl (C=O) groups is 3. The van der Waals surface area contributed by atoms with Gasteiger partial charge >= 0.3 is 11.9 Å². The normalized spacial score (nSPS) is 17.6. The van der Waals surface area contributed by atoms with E-state index in [0.717, 1.165) is 0 Å². The third kappa shape index (κ3) is 3.64. The summed E-state index contributed by atoms with van der Waals surface area (Å²) in [6.45, 7) is 0. The summed E-state index contributed by atoms with van der Waals surface area (Å²) in [5, 5.41) is -0.0708. The van der Waals surface area contributed by atoms with Crippen LogP contribution in [0.15, 0.2) is 60.4 Å². The highest BCUT2D eigenvalue weighted by atomic mass is 35.5. The van der Waals surface area contributed by atoms with Crippen molar-refractivity contribution in [3.63, 3.8) is 0 Å². The second kappa shape index (κ2) is 8.43. The fraction of sp³-hybridized carbons (Fsp3) is 0.115. The van der Waals surface area contributed by atoms with Gasteiger partial charge in [0.1, 0.15) is 17.3 Å². The lowest BCUT2D eigenvalue weighted by atomic mass is 9.84. The number of halogens is 2. The van der Waals surface area contributed by atoms with Crippen molar-refractivity contribution in [2.75, 3.05) is 7.11 Å². The highest BCUT2D eigenvalue weighted by Crippen LogP contribution is 2.49. The molecule has 2 aliphatic heterocycles. The van der Waals surface area contributed by atoms with E-state index in [2.05, 4.69) is 4.74 Å². The standard InChI is InChI=1S/C26H16ClFO6/c1-32-26(31)14-7-5-13(6-8-14)11-20-24(30)16-9-10-19-22(25(16)34-20)17(12-21(29)33-19)15-3-2-4-18(27)23(15)28/h2-11,17H,12H2,1H3/b20-11-/t17-/m1/s1. The van der Waals surface area contributed by atoms with Gasteiger partial charge in [-0.3, -0.25) is 9.59 Å². The van der Waals surface area contributed by atoms with Crippen LogP contribution in [0.25, 0.3) is 6.08 Å². The lowest BCUT2D eigenvalue weighted by Crippen LogP contribution is -2.22. The SMILES string of the molecule is COC(=O)c1ccc(/C=C2\Oc3c(ccc4c3[C@@H](c3cccc(Cl)c3F)CC(=O)O4)C2=O)cc1. The molecular formula is C26H16ClFO6. The lowest BCUT2D eigenvalue weighted by Gasteiger charge is -2.26. The Kier molecular flexibility index (Phi) is 5.42. The highest BCUT2D eigenvalue weighted by Gasteiger charge is 2.39. The van der Waals surface area contributed by atoms with E-state index >= 15 is 0 Å². The second-order valence-corrected chi connectivity index (χ2v) is 8.19. The zero-order chi connectivity index (χ0) is 24.0. The van der Waals surface area contributed by atoms with Gasteiger partial charge in [0.2, 0.25) is 5.78 Å². The first-order chi connectivity index (χ1) is 16.4. The maximum Gasteiger partial charge on any atom is 0.337 e. The van der Waals surface area contributed by atoms with Crippen molar-refractivity contribution in [1.29, 1.82) is 0 Å². The Hall–Kier alpha value is -3.97. The van der Waals surface area contributed by atoms with E-state index in [1.807, 2.05) is 0 Å². The first-order valence-electron chi connectivity index (χ1n) is 10.3. The Morgan fingerprint density at radius 2 is 1.85 bits per heavy atom. The summed E-state index contributed by atoms with van der Waals surface area (Å²) >= 11 is 5.98. The van der Waals surface area contributed by atoms with Gasteiger partial charge in [-0.2, -0.15) is 0 Å². The van der Waals surface area contributed by atoms with Crippen LogP contribution in [0.3, 0.4) is 0 Å². The van der Waals surface area contributed by atoms with Crippen LogP contribution >= 0.6 is 11.6 Å². The predicted molar refractivity (Wildman–Crippen MR) is 121 cm³/mol. The molecule has 0 saturated heterocycles. The van der Waals surface area contributed by atoms with Crippen molar-refractivity contribution >= 4 is 35.4 Å². The van der Waals surface area contributed by atoms with Crippen molar-refractivity contribution in [1.82, 2.24) is 0 Å². The zero-order valence-electron chi connectivity index (χ0n) is 17.8. The van der Waals surface area contributed by atoms with Gasteiger partial charge in [0.05, 0.1) is 29.7 Å². The molecule has 0 bridgehead atoms. The van der Waals surface area contributed by atoms with Crippen LogP contribution in [0.2, 0.25) is 5.02 Å². The first kappa shape index (κ1) is 21.9. The molecule has 3 aromatic carbocycles. The number of allylic oxidation sites excluding steroid dienone is 1. The number of methoxy groups -OCH3 is 1. The molecule has 0 amide bonds. The number of fused-ring (bicyclic) bond motifs is 3. The van der Waals surface area contributed by atoms with Crippen LogP contribution < -0.4 is 9.47 Å². The molecule has 0 N–H and O–H groups in total. The Morgan fingerprint density at radius 3 is 2.59 bits per heavy atom. The third-order valence-electron chi connectivity index (χ3n) is 5.77. The van der Waals surface area contributed by atoms with E-state index in [0.29, 0.717) is 16.7 Å². The Balaban J connectivity index is 1.56. The van der Waals surface area contributed by atoms with E-state index in [9.17, 15) is 18.8 Å². The van der Waals surface area contributed by atoms with Crippen LogP contribution in [-0.4, -0.2) is 24.8 Å². The molecule has 0 fully saturated rings. The van der Waals surface area contributed by atoms with Crippen LogP contribution in [0.5, 0.6) is 11.5 Å². The third-order valence-corrected chi connectivity index (χ3v) is 6.06. The minimum Gasteiger partial charge on any atom is -0.465 e. The molecular weight excluding hydrogens is 463 g/mol. The molecule has 1 atom stereocenters. The average Bonchev–Trinajstić information content (AvgIpc) is 3.15. The van der Waals surface area contributed by atoms with Gasteiger partial charge in [0.15, 0.2) is 5.76 Å². The predicted octanol–water partition coefficient (Wildman–Crippen LogP) is 5.32. The molecule has 170 valence electrons. The Bertz CT molecular complexity index is 1390. The number of ether oxygens (including phenoxy) is 3. The largest absolute Gasteiger partial charge is 0.465 e. The number of carbonyl (C=O) groups excluding carboxylic acids is 3. The van der Waals surface area contributed by atoms with Crippen molar-refractivity contribution in [2.24, 2.45) is 0 Å². The molecule has 0 radical (unpaired) electrons. The van der Waals surface area contributed by atoms with Crippen molar-refractivity contribution in [2.45, 2.75) is 12.3 Å². The van der Waals surface area contributed by atoms with Gasteiger partial charge in [-0.15, -0.1) is 0 Å². The minimum absolute atomic E-state index is 0.0523. The quantitative estimate of drug-likeness (QED) is 0.288. The average molecular weight is 479 g/mol. The van der Waals surface area contributed by atoms with Crippen LogP contribution in [0.1, 0.15) is 49.7 Å². The van der Waals surface area contributed by atoms with Crippen LogP contribution in [0.4, 0.5) is 4.39 Å². The van der Waals surface area contributed by atoms with Gasteiger partial charge in [-0.1, -0.05) is 35.9 Å².